The van der Waals surface area contributed by atoms with Crippen molar-refractivity contribution in [2.75, 3.05) is 0 Å². The standard InChI is InChI=1S/C14H16OS/c1-11-8-9-16-13(11)14(2,15)10-12-6-4-3-5-7-12/h3-9,15H,10H2,1-2H3. The van der Waals surface area contributed by atoms with E-state index in [2.05, 4.69) is 18.2 Å². The molecule has 1 aromatic heterocycles. The zero-order valence-electron chi connectivity index (χ0n) is 9.60. The summed E-state index contributed by atoms with van der Waals surface area (Å²) in [5.41, 5.74) is 1.57. The van der Waals surface area contributed by atoms with Gasteiger partial charge in [0.15, 0.2) is 0 Å². The van der Waals surface area contributed by atoms with Crippen LogP contribution in [-0.2, 0) is 12.0 Å². The van der Waals surface area contributed by atoms with Gasteiger partial charge in [0.05, 0.1) is 0 Å². The quantitative estimate of drug-likeness (QED) is 0.858. The molecule has 0 fully saturated rings. The second-order valence-corrected chi connectivity index (χ2v) is 5.29. The van der Waals surface area contributed by atoms with E-state index in [-0.39, 0.29) is 0 Å². The fourth-order valence-electron chi connectivity index (χ4n) is 2.00. The SMILES string of the molecule is Cc1ccsc1C(C)(O)Cc1ccccc1. The lowest BCUT2D eigenvalue weighted by Gasteiger charge is -2.23. The maximum absolute atomic E-state index is 10.5. The third-order valence-corrected chi connectivity index (χ3v) is 4.01. The third-order valence-electron chi connectivity index (χ3n) is 2.74. The van der Waals surface area contributed by atoms with Crippen molar-refractivity contribution in [3.8, 4) is 0 Å². The van der Waals surface area contributed by atoms with Crippen LogP contribution < -0.4 is 0 Å². The van der Waals surface area contributed by atoms with Crippen LogP contribution in [0.4, 0.5) is 0 Å². The summed E-state index contributed by atoms with van der Waals surface area (Å²) in [7, 11) is 0. The molecule has 84 valence electrons. The molecule has 1 aromatic carbocycles. The minimum Gasteiger partial charge on any atom is -0.384 e. The highest BCUT2D eigenvalue weighted by atomic mass is 32.1. The Bertz CT molecular complexity index is 457. The molecule has 0 aliphatic carbocycles. The molecule has 2 rings (SSSR count). The third kappa shape index (κ3) is 2.34. The second kappa shape index (κ2) is 4.40. The van der Waals surface area contributed by atoms with E-state index in [0.717, 1.165) is 4.88 Å². The van der Waals surface area contributed by atoms with Crippen LogP contribution in [0.25, 0.3) is 0 Å². The van der Waals surface area contributed by atoms with Crippen LogP contribution in [0, 0.1) is 6.92 Å². The van der Waals surface area contributed by atoms with Gasteiger partial charge in [0.1, 0.15) is 5.60 Å². The van der Waals surface area contributed by atoms with Crippen LogP contribution in [0.15, 0.2) is 41.8 Å². The van der Waals surface area contributed by atoms with E-state index in [1.54, 1.807) is 11.3 Å². The van der Waals surface area contributed by atoms with Crippen molar-refractivity contribution in [2.24, 2.45) is 0 Å². The highest BCUT2D eigenvalue weighted by Crippen LogP contribution is 2.31. The minimum absolute atomic E-state index is 0.662. The summed E-state index contributed by atoms with van der Waals surface area (Å²) in [6.45, 7) is 3.93. The van der Waals surface area contributed by atoms with Crippen LogP contribution in [0.2, 0.25) is 0 Å². The first-order valence-corrected chi connectivity index (χ1v) is 6.28. The lowest BCUT2D eigenvalue weighted by atomic mass is 9.93. The van der Waals surface area contributed by atoms with Crippen molar-refractivity contribution in [1.82, 2.24) is 0 Å². The van der Waals surface area contributed by atoms with Crippen molar-refractivity contribution in [3.05, 3.63) is 57.8 Å². The highest BCUT2D eigenvalue weighted by molar-refractivity contribution is 7.10. The summed E-state index contributed by atoms with van der Waals surface area (Å²) in [5, 5.41) is 12.6. The van der Waals surface area contributed by atoms with Crippen molar-refractivity contribution < 1.29 is 5.11 Å². The van der Waals surface area contributed by atoms with Crippen LogP contribution in [-0.4, -0.2) is 5.11 Å². The van der Waals surface area contributed by atoms with Gasteiger partial charge in [0, 0.05) is 11.3 Å². The normalized spacial score (nSPS) is 14.7. The van der Waals surface area contributed by atoms with E-state index in [1.165, 1.54) is 11.1 Å². The molecule has 1 unspecified atom stereocenters. The Hall–Kier alpha value is -1.12. The fraction of sp³-hybridized carbons (Fsp3) is 0.286. The van der Waals surface area contributed by atoms with Gasteiger partial charge in [0.25, 0.3) is 0 Å². The molecule has 1 atom stereocenters. The maximum Gasteiger partial charge on any atom is 0.100 e. The first-order valence-electron chi connectivity index (χ1n) is 5.40. The fourth-order valence-corrected chi connectivity index (χ4v) is 2.99. The molecule has 0 saturated carbocycles. The number of thiophene rings is 1. The average Bonchev–Trinajstić information content (AvgIpc) is 2.66. The predicted molar refractivity (Wildman–Crippen MR) is 68.8 cm³/mol. The molecular formula is C14H16OS. The molecule has 0 aliphatic heterocycles. The smallest absolute Gasteiger partial charge is 0.100 e. The molecular weight excluding hydrogens is 216 g/mol. The van der Waals surface area contributed by atoms with E-state index >= 15 is 0 Å². The highest BCUT2D eigenvalue weighted by Gasteiger charge is 2.26. The molecule has 1 nitrogen and oxygen atoms in total. The van der Waals surface area contributed by atoms with Gasteiger partial charge in [-0.25, -0.2) is 0 Å². The zero-order chi connectivity index (χ0) is 11.6. The van der Waals surface area contributed by atoms with Gasteiger partial charge in [-0.3, -0.25) is 0 Å². The number of hydrogen-bond acceptors (Lipinski definition) is 2. The molecule has 1 N–H and O–H groups in total. The first kappa shape index (κ1) is 11.4. The van der Waals surface area contributed by atoms with E-state index < -0.39 is 5.60 Å². The minimum atomic E-state index is -0.764. The summed E-state index contributed by atoms with van der Waals surface area (Å²) in [6, 6.07) is 12.2. The molecule has 0 amide bonds. The lowest BCUT2D eigenvalue weighted by Crippen LogP contribution is -2.23. The maximum atomic E-state index is 10.5. The Morgan fingerprint density at radius 2 is 1.88 bits per heavy atom. The summed E-state index contributed by atoms with van der Waals surface area (Å²) in [6.07, 6.45) is 0.662. The van der Waals surface area contributed by atoms with Crippen LogP contribution in [0.5, 0.6) is 0 Å². The molecule has 0 aliphatic rings. The van der Waals surface area contributed by atoms with Gasteiger partial charge in [0.2, 0.25) is 0 Å². The van der Waals surface area contributed by atoms with Crippen molar-refractivity contribution in [2.45, 2.75) is 25.9 Å². The monoisotopic (exact) mass is 232 g/mol. The Morgan fingerprint density at radius 3 is 2.44 bits per heavy atom. The number of aliphatic hydroxyl groups is 1. The summed E-state index contributed by atoms with van der Waals surface area (Å²) < 4.78 is 0. The largest absolute Gasteiger partial charge is 0.384 e. The van der Waals surface area contributed by atoms with Crippen molar-refractivity contribution in [1.29, 1.82) is 0 Å². The zero-order valence-corrected chi connectivity index (χ0v) is 10.4. The molecule has 0 radical (unpaired) electrons. The molecule has 2 heteroatoms. The van der Waals surface area contributed by atoms with Gasteiger partial charge in [-0.2, -0.15) is 0 Å². The Balaban J connectivity index is 2.24. The number of rotatable bonds is 3. The summed E-state index contributed by atoms with van der Waals surface area (Å²) in [5.74, 6) is 0. The molecule has 0 spiro atoms. The lowest BCUT2D eigenvalue weighted by molar-refractivity contribution is 0.0609. The van der Waals surface area contributed by atoms with Gasteiger partial charge >= 0.3 is 0 Å². The number of aryl methyl sites for hydroxylation is 1. The van der Waals surface area contributed by atoms with Gasteiger partial charge in [-0.1, -0.05) is 30.3 Å². The van der Waals surface area contributed by atoms with Crippen LogP contribution >= 0.6 is 11.3 Å². The number of hydrogen-bond donors (Lipinski definition) is 1. The van der Waals surface area contributed by atoms with E-state index in [9.17, 15) is 5.11 Å². The van der Waals surface area contributed by atoms with E-state index in [1.807, 2.05) is 37.4 Å². The van der Waals surface area contributed by atoms with E-state index in [0.29, 0.717) is 6.42 Å². The first-order chi connectivity index (χ1) is 7.59. The number of benzene rings is 1. The van der Waals surface area contributed by atoms with Gasteiger partial charge in [-0.05, 0) is 36.4 Å². The van der Waals surface area contributed by atoms with E-state index in [4.69, 9.17) is 0 Å². The summed E-state index contributed by atoms with van der Waals surface area (Å²) >= 11 is 1.63. The van der Waals surface area contributed by atoms with Crippen LogP contribution in [0.1, 0.15) is 22.9 Å². The van der Waals surface area contributed by atoms with Crippen molar-refractivity contribution in [3.63, 3.8) is 0 Å². The molecule has 16 heavy (non-hydrogen) atoms. The van der Waals surface area contributed by atoms with Gasteiger partial charge in [-0.15, -0.1) is 11.3 Å². The predicted octanol–water partition coefficient (Wildman–Crippen LogP) is 3.51. The Morgan fingerprint density at radius 1 is 1.19 bits per heavy atom. The van der Waals surface area contributed by atoms with Crippen molar-refractivity contribution >= 4 is 11.3 Å². The average molecular weight is 232 g/mol. The Kier molecular flexibility index (Phi) is 3.13. The summed E-state index contributed by atoms with van der Waals surface area (Å²) in [4.78, 5) is 1.07. The van der Waals surface area contributed by atoms with Crippen LogP contribution in [0.3, 0.4) is 0 Å². The topological polar surface area (TPSA) is 20.2 Å². The Labute approximate surface area is 100 Å². The second-order valence-electron chi connectivity index (χ2n) is 4.37. The molecule has 2 aromatic rings. The molecule has 1 heterocycles. The molecule has 0 saturated heterocycles. The van der Waals surface area contributed by atoms with Gasteiger partial charge < -0.3 is 5.11 Å². The molecule has 0 bridgehead atoms.